The maximum absolute atomic E-state index is 12.7. The summed E-state index contributed by atoms with van der Waals surface area (Å²) >= 11 is 0. The fraction of sp³-hybridized carbons (Fsp3) is 0.278. The van der Waals surface area contributed by atoms with E-state index in [4.69, 9.17) is 5.11 Å². The Hall–Kier alpha value is -2.17. The number of anilines is 1. The van der Waals surface area contributed by atoms with Crippen molar-refractivity contribution in [1.29, 1.82) is 0 Å². The molecule has 0 saturated carbocycles. The Morgan fingerprint density at radius 1 is 1.14 bits per heavy atom. The fourth-order valence-electron chi connectivity index (χ4n) is 2.39. The van der Waals surface area contributed by atoms with Crippen LogP contribution in [0.15, 0.2) is 42.5 Å². The number of hydrogen-bond donors (Lipinski definition) is 3. The third-order valence-corrected chi connectivity index (χ3v) is 3.39. The number of benzene rings is 2. The van der Waals surface area contributed by atoms with Crippen LogP contribution in [0.2, 0.25) is 0 Å². The highest BCUT2D eigenvalue weighted by molar-refractivity contribution is 6.12. The topological polar surface area (TPSA) is 69.6 Å². The average Bonchev–Trinajstić information content (AvgIpc) is 2.51. The molecule has 3 N–H and O–H groups in total. The van der Waals surface area contributed by atoms with Crippen LogP contribution in [0.3, 0.4) is 0 Å². The first-order chi connectivity index (χ1) is 10.5. The molecule has 0 saturated heterocycles. The van der Waals surface area contributed by atoms with E-state index in [1.807, 2.05) is 44.2 Å². The molecule has 2 aromatic carbocycles. The van der Waals surface area contributed by atoms with Crippen LogP contribution in [0.5, 0.6) is 0 Å². The molecule has 22 heavy (non-hydrogen) atoms. The number of nitrogens with one attached hydrogen (secondary N) is 1. The third-order valence-electron chi connectivity index (χ3n) is 3.39. The summed E-state index contributed by atoms with van der Waals surface area (Å²) in [5, 5.41) is 21.3. The zero-order chi connectivity index (χ0) is 16.1. The molecule has 0 heterocycles. The molecule has 0 aliphatic rings. The van der Waals surface area contributed by atoms with Gasteiger partial charge < -0.3 is 15.5 Å². The number of ketones is 1. The van der Waals surface area contributed by atoms with Gasteiger partial charge in [-0.3, -0.25) is 4.79 Å². The number of carbonyl (C=O) groups excluding carboxylic acids is 1. The van der Waals surface area contributed by atoms with E-state index in [0.29, 0.717) is 16.8 Å². The Morgan fingerprint density at radius 2 is 1.77 bits per heavy atom. The highest BCUT2D eigenvalue weighted by Crippen LogP contribution is 2.20. The number of rotatable bonds is 6. The van der Waals surface area contributed by atoms with Gasteiger partial charge in [-0.05, 0) is 38.1 Å². The summed E-state index contributed by atoms with van der Waals surface area (Å²) in [6, 6.07) is 12.9. The van der Waals surface area contributed by atoms with Crippen molar-refractivity contribution in [3.63, 3.8) is 0 Å². The van der Waals surface area contributed by atoms with Crippen molar-refractivity contribution in [2.45, 2.75) is 20.0 Å². The molecule has 4 heteroatoms. The number of aryl methyl sites for hydroxylation is 2. The second-order valence-corrected chi connectivity index (χ2v) is 5.47. The summed E-state index contributed by atoms with van der Waals surface area (Å²) in [6.07, 6.45) is -0.857. The van der Waals surface area contributed by atoms with Crippen LogP contribution < -0.4 is 5.32 Å². The van der Waals surface area contributed by atoms with E-state index < -0.39 is 6.10 Å². The van der Waals surface area contributed by atoms with Gasteiger partial charge in [-0.15, -0.1) is 0 Å². The van der Waals surface area contributed by atoms with E-state index in [2.05, 4.69) is 5.32 Å². The van der Waals surface area contributed by atoms with E-state index in [1.165, 1.54) is 0 Å². The molecule has 0 aromatic heterocycles. The molecule has 116 valence electrons. The maximum atomic E-state index is 12.7. The number of para-hydroxylation sites is 1. The third kappa shape index (κ3) is 3.93. The van der Waals surface area contributed by atoms with Gasteiger partial charge in [0.05, 0.1) is 12.7 Å². The Bertz CT molecular complexity index is 647. The minimum absolute atomic E-state index is 0.0617. The number of aliphatic hydroxyl groups is 2. The van der Waals surface area contributed by atoms with Crippen molar-refractivity contribution >= 4 is 11.5 Å². The van der Waals surface area contributed by atoms with E-state index in [0.717, 1.165) is 11.1 Å². The van der Waals surface area contributed by atoms with Gasteiger partial charge in [-0.2, -0.15) is 0 Å². The van der Waals surface area contributed by atoms with Crippen molar-refractivity contribution < 1.29 is 15.0 Å². The van der Waals surface area contributed by atoms with Crippen molar-refractivity contribution in [1.82, 2.24) is 0 Å². The molecule has 1 atom stereocenters. The summed E-state index contributed by atoms with van der Waals surface area (Å²) in [6.45, 7) is 3.80. The summed E-state index contributed by atoms with van der Waals surface area (Å²) in [5.74, 6) is -0.0617. The van der Waals surface area contributed by atoms with Crippen LogP contribution >= 0.6 is 0 Å². The highest BCUT2D eigenvalue weighted by atomic mass is 16.3. The fourth-order valence-corrected chi connectivity index (χ4v) is 2.39. The Kier molecular flexibility index (Phi) is 5.31. The van der Waals surface area contributed by atoms with Crippen LogP contribution in [0.1, 0.15) is 27.0 Å². The normalized spacial score (nSPS) is 12.0. The lowest BCUT2D eigenvalue weighted by Crippen LogP contribution is -2.23. The van der Waals surface area contributed by atoms with Crippen LogP contribution in [-0.2, 0) is 0 Å². The maximum Gasteiger partial charge on any atom is 0.195 e. The first-order valence-electron chi connectivity index (χ1n) is 7.26. The molecule has 0 bridgehead atoms. The second-order valence-electron chi connectivity index (χ2n) is 5.47. The second kappa shape index (κ2) is 7.20. The molecule has 2 rings (SSSR count). The predicted octanol–water partition coefficient (Wildman–Crippen LogP) is 2.30. The van der Waals surface area contributed by atoms with E-state index in [9.17, 15) is 9.90 Å². The lowest BCUT2D eigenvalue weighted by Gasteiger charge is -2.14. The van der Waals surface area contributed by atoms with Gasteiger partial charge in [0.1, 0.15) is 0 Å². The van der Waals surface area contributed by atoms with E-state index in [1.54, 1.807) is 12.1 Å². The van der Waals surface area contributed by atoms with Gasteiger partial charge >= 0.3 is 0 Å². The SMILES string of the molecule is Cc1cc(C)cc(C(=O)c2ccccc2NCC(O)CO)c1. The molecular weight excluding hydrogens is 278 g/mol. The highest BCUT2D eigenvalue weighted by Gasteiger charge is 2.14. The Balaban J connectivity index is 2.29. The summed E-state index contributed by atoms with van der Waals surface area (Å²) in [4.78, 5) is 12.7. The first-order valence-corrected chi connectivity index (χ1v) is 7.26. The number of carbonyl (C=O) groups is 1. The summed E-state index contributed by atoms with van der Waals surface area (Å²) in [5.41, 5.74) is 3.94. The molecule has 0 aliphatic carbocycles. The number of aliphatic hydroxyl groups excluding tert-OH is 2. The van der Waals surface area contributed by atoms with Crippen molar-refractivity contribution in [2.24, 2.45) is 0 Å². The minimum Gasteiger partial charge on any atom is -0.394 e. The molecule has 0 spiro atoms. The van der Waals surface area contributed by atoms with Gasteiger partial charge in [-0.25, -0.2) is 0 Å². The Labute approximate surface area is 130 Å². The standard InChI is InChI=1S/C18H21NO3/c1-12-7-13(2)9-14(8-12)18(22)16-5-3-4-6-17(16)19-10-15(21)11-20/h3-9,15,19-21H,10-11H2,1-2H3. The molecule has 1 unspecified atom stereocenters. The van der Waals surface area contributed by atoms with Gasteiger partial charge in [0, 0.05) is 23.4 Å². The number of hydrogen-bond acceptors (Lipinski definition) is 4. The smallest absolute Gasteiger partial charge is 0.195 e. The first kappa shape index (κ1) is 16.2. The Morgan fingerprint density at radius 3 is 2.41 bits per heavy atom. The molecule has 0 amide bonds. The predicted molar refractivity (Wildman–Crippen MR) is 87.4 cm³/mol. The molecule has 4 nitrogen and oxygen atoms in total. The van der Waals surface area contributed by atoms with Gasteiger partial charge in [0.15, 0.2) is 5.78 Å². The molecule has 0 aliphatic heterocycles. The molecular formula is C18H21NO3. The summed E-state index contributed by atoms with van der Waals surface area (Å²) in [7, 11) is 0. The lowest BCUT2D eigenvalue weighted by atomic mass is 9.98. The molecule has 0 radical (unpaired) electrons. The molecule has 0 fully saturated rings. The molecule has 2 aromatic rings. The lowest BCUT2D eigenvalue weighted by molar-refractivity contribution is 0.103. The van der Waals surface area contributed by atoms with E-state index >= 15 is 0 Å². The van der Waals surface area contributed by atoms with Crippen molar-refractivity contribution in [3.8, 4) is 0 Å². The average molecular weight is 299 g/mol. The van der Waals surface area contributed by atoms with Crippen LogP contribution in [0, 0.1) is 13.8 Å². The van der Waals surface area contributed by atoms with Crippen LogP contribution in [0.4, 0.5) is 5.69 Å². The van der Waals surface area contributed by atoms with Gasteiger partial charge in [0.25, 0.3) is 0 Å². The van der Waals surface area contributed by atoms with E-state index in [-0.39, 0.29) is 18.9 Å². The quantitative estimate of drug-likeness (QED) is 0.716. The zero-order valence-electron chi connectivity index (χ0n) is 12.8. The van der Waals surface area contributed by atoms with Gasteiger partial charge in [-0.1, -0.05) is 29.3 Å². The largest absolute Gasteiger partial charge is 0.394 e. The zero-order valence-corrected chi connectivity index (χ0v) is 12.8. The summed E-state index contributed by atoms with van der Waals surface area (Å²) < 4.78 is 0. The van der Waals surface area contributed by atoms with Crippen LogP contribution in [0.25, 0.3) is 0 Å². The van der Waals surface area contributed by atoms with Crippen LogP contribution in [-0.4, -0.2) is 35.3 Å². The minimum atomic E-state index is -0.857. The van der Waals surface area contributed by atoms with Gasteiger partial charge in [0.2, 0.25) is 0 Å². The van der Waals surface area contributed by atoms with Crippen molar-refractivity contribution in [2.75, 3.05) is 18.5 Å². The van der Waals surface area contributed by atoms with Crippen molar-refractivity contribution in [3.05, 3.63) is 64.7 Å². The monoisotopic (exact) mass is 299 g/mol.